The molecule has 1 aromatic rings. The molecule has 3 heteroatoms. The van der Waals surface area contributed by atoms with Crippen molar-refractivity contribution >= 4 is 0 Å². The molecule has 0 aliphatic heterocycles. The highest BCUT2D eigenvalue weighted by Crippen LogP contribution is 2.17. The van der Waals surface area contributed by atoms with Gasteiger partial charge in [0, 0.05) is 25.2 Å². The van der Waals surface area contributed by atoms with Crippen LogP contribution in [0, 0.1) is 5.82 Å². The number of nitrogens with zero attached hydrogens (tertiary/aromatic N) is 1. The van der Waals surface area contributed by atoms with Gasteiger partial charge >= 0.3 is 0 Å². The number of likely N-dealkylation sites (N-methyl/N-ethyl adjacent to an activating group) is 1. The largest absolute Gasteiger partial charge is 0.312 e. The van der Waals surface area contributed by atoms with E-state index in [1.807, 2.05) is 6.07 Å². The molecule has 2 rings (SSSR count). The Morgan fingerprint density at radius 2 is 2.11 bits per heavy atom. The number of hydrogen-bond donors (Lipinski definition) is 1. The Kier molecular flexibility index (Phi) is 5.34. The van der Waals surface area contributed by atoms with Crippen LogP contribution in [0.2, 0.25) is 0 Å². The summed E-state index contributed by atoms with van der Waals surface area (Å²) in [4.78, 5) is 2.27. The summed E-state index contributed by atoms with van der Waals surface area (Å²) in [6.07, 6.45) is 5.37. The zero-order chi connectivity index (χ0) is 13.7. The fraction of sp³-hybridized carbons (Fsp3) is 0.625. The van der Waals surface area contributed by atoms with Gasteiger partial charge in [0.2, 0.25) is 0 Å². The first-order chi connectivity index (χ1) is 9.15. The third-order valence-electron chi connectivity index (χ3n) is 4.13. The van der Waals surface area contributed by atoms with E-state index in [1.165, 1.54) is 31.7 Å². The minimum atomic E-state index is -0.150. The molecule has 1 saturated carbocycles. The predicted molar refractivity (Wildman–Crippen MR) is 77.6 cm³/mol. The van der Waals surface area contributed by atoms with Crippen LogP contribution in [0.5, 0.6) is 0 Å². The summed E-state index contributed by atoms with van der Waals surface area (Å²) in [7, 11) is 2.10. The minimum absolute atomic E-state index is 0.150. The molecule has 0 saturated heterocycles. The van der Waals surface area contributed by atoms with Gasteiger partial charge in [-0.1, -0.05) is 25.0 Å². The summed E-state index contributed by atoms with van der Waals surface area (Å²) < 4.78 is 13.1. The molecule has 2 nitrogen and oxygen atoms in total. The van der Waals surface area contributed by atoms with E-state index in [2.05, 4.69) is 24.2 Å². The first-order valence-corrected chi connectivity index (χ1v) is 7.33. The third kappa shape index (κ3) is 4.59. The molecule has 1 unspecified atom stereocenters. The lowest BCUT2D eigenvalue weighted by Crippen LogP contribution is -2.40. The monoisotopic (exact) mass is 264 g/mol. The van der Waals surface area contributed by atoms with Crippen molar-refractivity contribution in [2.24, 2.45) is 0 Å². The fourth-order valence-electron chi connectivity index (χ4n) is 2.70. The van der Waals surface area contributed by atoms with Crippen LogP contribution in [0.15, 0.2) is 24.3 Å². The van der Waals surface area contributed by atoms with Gasteiger partial charge in [0.15, 0.2) is 0 Å². The minimum Gasteiger partial charge on any atom is -0.312 e. The van der Waals surface area contributed by atoms with Crippen LogP contribution in [0.3, 0.4) is 0 Å². The molecule has 1 aliphatic rings. The van der Waals surface area contributed by atoms with E-state index in [0.717, 1.165) is 18.7 Å². The number of halogens is 1. The van der Waals surface area contributed by atoms with Gasteiger partial charge in [0.25, 0.3) is 0 Å². The van der Waals surface area contributed by atoms with Gasteiger partial charge in [-0.05, 0) is 44.5 Å². The average molecular weight is 264 g/mol. The summed E-state index contributed by atoms with van der Waals surface area (Å²) in [6, 6.07) is 8.05. The number of rotatable bonds is 6. The fourth-order valence-corrected chi connectivity index (χ4v) is 2.70. The van der Waals surface area contributed by atoms with Crippen LogP contribution in [0.4, 0.5) is 4.39 Å². The zero-order valence-electron chi connectivity index (χ0n) is 12.0. The van der Waals surface area contributed by atoms with Crippen LogP contribution >= 0.6 is 0 Å². The van der Waals surface area contributed by atoms with Crippen molar-refractivity contribution in [1.29, 1.82) is 0 Å². The Morgan fingerprint density at radius 1 is 1.37 bits per heavy atom. The van der Waals surface area contributed by atoms with E-state index in [0.29, 0.717) is 12.1 Å². The second-order valence-electron chi connectivity index (χ2n) is 5.78. The molecule has 0 radical (unpaired) electrons. The highest BCUT2D eigenvalue weighted by molar-refractivity contribution is 5.16. The number of hydrogen-bond acceptors (Lipinski definition) is 2. The van der Waals surface area contributed by atoms with Crippen molar-refractivity contribution in [3.8, 4) is 0 Å². The standard InChI is InChI=1S/C16H25FN2/c1-13(11-18-16-8-3-4-9-16)19(2)12-14-6-5-7-15(17)10-14/h5-7,10,13,16,18H,3-4,8-9,11-12H2,1-2H3. The molecule has 0 spiro atoms. The number of benzene rings is 1. The predicted octanol–water partition coefficient (Wildman–Crippen LogP) is 3.18. The SMILES string of the molecule is CC(CNC1CCCC1)N(C)Cc1cccc(F)c1. The van der Waals surface area contributed by atoms with Crippen molar-refractivity contribution in [3.05, 3.63) is 35.6 Å². The third-order valence-corrected chi connectivity index (χ3v) is 4.13. The number of nitrogens with one attached hydrogen (secondary N) is 1. The molecular formula is C16H25FN2. The summed E-state index contributed by atoms with van der Waals surface area (Å²) >= 11 is 0. The van der Waals surface area contributed by atoms with Crippen LogP contribution < -0.4 is 5.32 Å². The molecule has 106 valence electrons. The maximum Gasteiger partial charge on any atom is 0.123 e. The molecule has 1 fully saturated rings. The van der Waals surface area contributed by atoms with E-state index in [4.69, 9.17) is 0 Å². The molecule has 0 bridgehead atoms. The van der Waals surface area contributed by atoms with E-state index in [9.17, 15) is 4.39 Å². The van der Waals surface area contributed by atoms with Crippen LogP contribution in [0.1, 0.15) is 38.2 Å². The van der Waals surface area contributed by atoms with Crippen molar-refractivity contribution in [2.45, 2.75) is 51.2 Å². The Morgan fingerprint density at radius 3 is 2.79 bits per heavy atom. The molecule has 19 heavy (non-hydrogen) atoms. The van der Waals surface area contributed by atoms with Gasteiger partial charge in [0.05, 0.1) is 0 Å². The van der Waals surface area contributed by atoms with E-state index < -0.39 is 0 Å². The summed E-state index contributed by atoms with van der Waals surface area (Å²) in [5.74, 6) is -0.150. The second-order valence-corrected chi connectivity index (χ2v) is 5.78. The lowest BCUT2D eigenvalue weighted by molar-refractivity contribution is 0.237. The Hall–Kier alpha value is -0.930. The maximum absolute atomic E-state index is 13.1. The quantitative estimate of drug-likeness (QED) is 0.849. The van der Waals surface area contributed by atoms with Crippen molar-refractivity contribution in [1.82, 2.24) is 10.2 Å². The highest BCUT2D eigenvalue weighted by atomic mass is 19.1. The van der Waals surface area contributed by atoms with Gasteiger partial charge in [-0.15, -0.1) is 0 Å². The summed E-state index contributed by atoms with van der Waals surface area (Å²) in [5, 5.41) is 3.64. The van der Waals surface area contributed by atoms with Crippen LogP contribution in [-0.4, -0.2) is 30.6 Å². The first kappa shape index (κ1) is 14.5. The molecule has 0 amide bonds. The van der Waals surface area contributed by atoms with E-state index >= 15 is 0 Å². The smallest absolute Gasteiger partial charge is 0.123 e. The van der Waals surface area contributed by atoms with Gasteiger partial charge < -0.3 is 5.32 Å². The molecule has 0 aromatic heterocycles. The molecule has 1 N–H and O–H groups in total. The highest BCUT2D eigenvalue weighted by Gasteiger charge is 2.16. The van der Waals surface area contributed by atoms with Gasteiger partial charge in [0.1, 0.15) is 5.82 Å². The Balaban J connectivity index is 1.76. The lowest BCUT2D eigenvalue weighted by Gasteiger charge is -2.26. The average Bonchev–Trinajstić information content (AvgIpc) is 2.89. The Labute approximate surface area is 116 Å². The van der Waals surface area contributed by atoms with Crippen molar-refractivity contribution in [3.63, 3.8) is 0 Å². The lowest BCUT2D eigenvalue weighted by atomic mass is 10.1. The molecule has 0 heterocycles. The van der Waals surface area contributed by atoms with Crippen LogP contribution in [-0.2, 0) is 6.54 Å². The Bertz CT molecular complexity index is 388. The zero-order valence-corrected chi connectivity index (χ0v) is 12.0. The maximum atomic E-state index is 13.1. The molecule has 1 atom stereocenters. The van der Waals surface area contributed by atoms with E-state index in [1.54, 1.807) is 12.1 Å². The summed E-state index contributed by atoms with van der Waals surface area (Å²) in [6.45, 7) is 4.03. The summed E-state index contributed by atoms with van der Waals surface area (Å²) in [5.41, 5.74) is 1.04. The van der Waals surface area contributed by atoms with Gasteiger partial charge in [-0.2, -0.15) is 0 Å². The van der Waals surface area contributed by atoms with E-state index in [-0.39, 0.29) is 5.82 Å². The van der Waals surface area contributed by atoms with Crippen molar-refractivity contribution < 1.29 is 4.39 Å². The molecular weight excluding hydrogens is 239 g/mol. The molecule has 1 aromatic carbocycles. The normalized spacial score (nSPS) is 18.1. The van der Waals surface area contributed by atoms with Crippen LogP contribution in [0.25, 0.3) is 0 Å². The van der Waals surface area contributed by atoms with Crippen molar-refractivity contribution in [2.75, 3.05) is 13.6 Å². The first-order valence-electron chi connectivity index (χ1n) is 7.33. The van der Waals surface area contributed by atoms with Gasteiger partial charge in [-0.25, -0.2) is 4.39 Å². The second kappa shape index (κ2) is 7.01. The topological polar surface area (TPSA) is 15.3 Å². The van der Waals surface area contributed by atoms with Gasteiger partial charge in [-0.3, -0.25) is 4.90 Å². The molecule has 1 aliphatic carbocycles.